The van der Waals surface area contributed by atoms with E-state index in [1.807, 2.05) is 59.7 Å². The molecule has 1 aromatic rings. The molecule has 132 valence electrons. The molecular formula is C18H31ClN2O2. The zero-order valence-electron chi connectivity index (χ0n) is 15.1. The molecule has 1 amide bonds. The van der Waals surface area contributed by atoms with Crippen LogP contribution in [-0.2, 0) is 11.3 Å². The predicted octanol–water partition coefficient (Wildman–Crippen LogP) is 3.58. The van der Waals surface area contributed by atoms with Crippen molar-refractivity contribution in [3.05, 3.63) is 29.3 Å². The zero-order chi connectivity index (χ0) is 16.9. The van der Waals surface area contributed by atoms with Crippen LogP contribution in [-0.4, -0.2) is 17.6 Å². The lowest BCUT2D eigenvalue weighted by Crippen LogP contribution is -2.44. The van der Waals surface area contributed by atoms with E-state index in [9.17, 15) is 4.79 Å². The van der Waals surface area contributed by atoms with Gasteiger partial charge in [-0.25, -0.2) is 0 Å². The first-order chi connectivity index (χ1) is 10.1. The number of nitrogens with two attached hydrogens (primary N) is 1. The molecule has 0 aliphatic heterocycles. The van der Waals surface area contributed by atoms with Gasteiger partial charge in [0.1, 0.15) is 11.4 Å². The summed E-state index contributed by atoms with van der Waals surface area (Å²) in [7, 11) is 0. The summed E-state index contributed by atoms with van der Waals surface area (Å²) in [6.45, 7) is 12.5. The summed E-state index contributed by atoms with van der Waals surface area (Å²) in [5, 5.41) is 2.92. The van der Waals surface area contributed by atoms with E-state index >= 15 is 0 Å². The summed E-state index contributed by atoms with van der Waals surface area (Å²) in [6.07, 6.45) is 0.886. The van der Waals surface area contributed by atoms with Crippen molar-refractivity contribution in [2.75, 3.05) is 0 Å². The molecule has 23 heavy (non-hydrogen) atoms. The predicted molar refractivity (Wildman–Crippen MR) is 98.1 cm³/mol. The molecule has 1 aromatic carbocycles. The Morgan fingerprint density at radius 2 is 1.96 bits per heavy atom. The van der Waals surface area contributed by atoms with Gasteiger partial charge in [0.05, 0.1) is 6.04 Å². The Kier molecular flexibility index (Phi) is 8.64. The van der Waals surface area contributed by atoms with E-state index in [4.69, 9.17) is 10.5 Å². The van der Waals surface area contributed by atoms with E-state index in [2.05, 4.69) is 5.32 Å². The van der Waals surface area contributed by atoms with Crippen molar-refractivity contribution >= 4 is 18.3 Å². The Labute approximate surface area is 146 Å². The molecule has 0 fully saturated rings. The van der Waals surface area contributed by atoms with E-state index in [0.29, 0.717) is 6.54 Å². The van der Waals surface area contributed by atoms with Gasteiger partial charge >= 0.3 is 0 Å². The minimum Gasteiger partial charge on any atom is -0.488 e. The van der Waals surface area contributed by atoms with Gasteiger partial charge in [-0.3, -0.25) is 4.79 Å². The third-order valence-electron chi connectivity index (χ3n) is 3.65. The highest BCUT2D eigenvalue weighted by molar-refractivity contribution is 5.85. The summed E-state index contributed by atoms with van der Waals surface area (Å²) in [5.74, 6) is 0.866. The molecule has 1 rings (SSSR count). The first-order valence-electron chi connectivity index (χ1n) is 7.96. The molecule has 0 spiro atoms. The Hall–Kier alpha value is -1.26. The number of benzene rings is 1. The van der Waals surface area contributed by atoms with Crippen molar-refractivity contribution < 1.29 is 9.53 Å². The standard InChI is InChI=1S/C18H30N2O2.ClH/c1-7-13(3)16(19)17(21)20-11-14-9-8-12(2)10-15(14)22-18(4,5)6;/h8-10,13,16H,7,11,19H2,1-6H3,(H,20,21);1H. The summed E-state index contributed by atoms with van der Waals surface area (Å²) in [5.41, 5.74) is 7.77. The van der Waals surface area contributed by atoms with E-state index in [0.717, 1.165) is 23.3 Å². The summed E-state index contributed by atoms with van der Waals surface area (Å²) in [6, 6.07) is 5.54. The lowest BCUT2D eigenvalue weighted by Gasteiger charge is -2.24. The molecule has 0 aromatic heterocycles. The van der Waals surface area contributed by atoms with E-state index < -0.39 is 6.04 Å². The zero-order valence-corrected chi connectivity index (χ0v) is 15.9. The molecule has 0 heterocycles. The van der Waals surface area contributed by atoms with Gasteiger partial charge in [0.15, 0.2) is 0 Å². The smallest absolute Gasteiger partial charge is 0.237 e. The molecule has 0 radical (unpaired) electrons. The van der Waals surface area contributed by atoms with Crippen LogP contribution in [0.1, 0.15) is 52.2 Å². The van der Waals surface area contributed by atoms with E-state index in [-0.39, 0.29) is 29.8 Å². The van der Waals surface area contributed by atoms with Gasteiger partial charge in [-0.2, -0.15) is 0 Å². The van der Waals surface area contributed by atoms with Crippen molar-refractivity contribution in [1.82, 2.24) is 5.32 Å². The second-order valence-corrected chi connectivity index (χ2v) is 6.95. The SMILES string of the molecule is CCC(C)C(N)C(=O)NCc1ccc(C)cc1OC(C)(C)C.Cl. The first-order valence-corrected chi connectivity index (χ1v) is 7.96. The van der Waals surface area contributed by atoms with Crippen LogP contribution in [0.15, 0.2) is 18.2 Å². The maximum Gasteiger partial charge on any atom is 0.237 e. The topological polar surface area (TPSA) is 64.4 Å². The fourth-order valence-corrected chi connectivity index (χ4v) is 2.05. The molecular weight excluding hydrogens is 312 g/mol. The fourth-order valence-electron chi connectivity index (χ4n) is 2.05. The summed E-state index contributed by atoms with van der Waals surface area (Å²) >= 11 is 0. The summed E-state index contributed by atoms with van der Waals surface area (Å²) < 4.78 is 5.99. The highest BCUT2D eigenvalue weighted by Crippen LogP contribution is 2.24. The van der Waals surface area contributed by atoms with Crippen molar-refractivity contribution in [1.29, 1.82) is 0 Å². The van der Waals surface area contributed by atoms with Gasteiger partial charge in [-0.1, -0.05) is 32.4 Å². The Morgan fingerprint density at radius 1 is 1.35 bits per heavy atom. The quantitative estimate of drug-likeness (QED) is 0.830. The normalized spacial score (nSPS) is 13.7. The number of aryl methyl sites for hydroxylation is 1. The molecule has 0 saturated heterocycles. The van der Waals surface area contributed by atoms with Gasteiger partial charge in [0.2, 0.25) is 5.91 Å². The Balaban J connectivity index is 0.00000484. The molecule has 3 N–H and O–H groups in total. The Morgan fingerprint density at radius 3 is 2.48 bits per heavy atom. The molecule has 2 atom stereocenters. The number of hydrogen-bond donors (Lipinski definition) is 2. The molecule has 5 heteroatoms. The number of halogens is 1. The molecule has 0 bridgehead atoms. The number of nitrogens with one attached hydrogen (secondary N) is 1. The largest absolute Gasteiger partial charge is 0.488 e. The molecule has 2 unspecified atom stereocenters. The first kappa shape index (κ1) is 21.7. The number of rotatable bonds is 6. The van der Waals surface area contributed by atoms with Crippen molar-refractivity contribution in [3.63, 3.8) is 0 Å². The second kappa shape index (κ2) is 9.14. The lowest BCUT2D eigenvalue weighted by atomic mass is 9.99. The van der Waals surface area contributed by atoms with Crippen LogP contribution in [0, 0.1) is 12.8 Å². The number of carbonyl (C=O) groups is 1. The van der Waals surface area contributed by atoms with Crippen LogP contribution in [0.4, 0.5) is 0 Å². The molecule has 0 saturated carbocycles. The molecule has 4 nitrogen and oxygen atoms in total. The number of ether oxygens (including phenoxy) is 1. The highest BCUT2D eigenvalue weighted by Gasteiger charge is 2.20. The van der Waals surface area contributed by atoms with Crippen LogP contribution in [0.2, 0.25) is 0 Å². The van der Waals surface area contributed by atoms with Crippen LogP contribution in [0.5, 0.6) is 5.75 Å². The van der Waals surface area contributed by atoms with Crippen molar-refractivity contribution in [2.24, 2.45) is 11.7 Å². The minimum atomic E-state index is -0.470. The van der Waals surface area contributed by atoms with Crippen LogP contribution in [0.25, 0.3) is 0 Å². The number of amides is 1. The van der Waals surface area contributed by atoms with Gasteiger partial charge < -0.3 is 15.8 Å². The van der Waals surface area contributed by atoms with Crippen LogP contribution >= 0.6 is 12.4 Å². The average molecular weight is 343 g/mol. The summed E-state index contributed by atoms with van der Waals surface area (Å²) in [4.78, 5) is 12.1. The number of carbonyl (C=O) groups excluding carboxylic acids is 1. The van der Waals surface area contributed by atoms with Gasteiger partial charge in [-0.05, 0) is 45.2 Å². The second-order valence-electron chi connectivity index (χ2n) is 6.95. The lowest BCUT2D eigenvalue weighted by molar-refractivity contribution is -0.123. The van der Waals surface area contributed by atoms with Gasteiger partial charge in [-0.15, -0.1) is 12.4 Å². The van der Waals surface area contributed by atoms with E-state index in [1.165, 1.54) is 0 Å². The highest BCUT2D eigenvalue weighted by atomic mass is 35.5. The average Bonchev–Trinajstić information content (AvgIpc) is 2.42. The third kappa shape index (κ3) is 7.23. The minimum absolute atomic E-state index is 0. The fraction of sp³-hybridized carbons (Fsp3) is 0.611. The van der Waals surface area contributed by atoms with Gasteiger partial charge in [0.25, 0.3) is 0 Å². The number of hydrogen-bond acceptors (Lipinski definition) is 3. The molecule has 0 aliphatic rings. The van der Waals surface area contributed by atoms with E-state index in [1.54, 1.807) is 0 Å². The maximum absolute atomic E-state index is 12.1. The molecule has 0 aliphatic carbocycles. The van der Waals surface area contributed by atoms with Crippen molar-refractivity contribution in [2.45, 2.75) is 66.2 Å². The van der Waals surface area contributed by atoms with Crippen molar-refractivity contribution in [3.8, 4) is 5.75 Å². The van der Waals surface area contributed by atoms with Crippen LogP contribution < -0.4 is 15.8 Å². The van der Waals surface area contributed by atoms with Gasteiger partial charge in [0, 0.05) is 12.1 Å². The monoisotopic (exact) mass is 342 g/mol. The Bertz CT molecular complexity index is 512. The maximum atomic E-state index is 12.1. The van der Waals surface area contributed by atoms with Crippen LogP contribution in [0.3, 0.4) is 0 Å². The third-order valence-corrected chi connectivity index (χ3v) is 3.65.